The van der Waals surface area contributed by atoms with Crippen molar-refractivity contribution in [2.45, 2.75) is 12.6 Å². The number of hydrogen-bond donors (Lipinski definition) is 2. The third kappa shape index (κ3) is 5.31. The maximum Gasteiger partial charge on any atom is 0.337 e. The van der Waals surface area contributed by atoms with Gasteiger partial charge >= 0.3 is 5.97 Å². The molecule has 0 saturated carbocycles. The zero-order valence-corrected chi connectivity index (χ0v) is 15.6. The molecule has 0 aromatic heterocycles. The second kappa shape index (κ2) is 9.78. The van der Waals surface area contributed by atoms with Gasteiger partial charge < -0.3 is 15.2 Å². The van der Waals surface area contributed by atoms with E-state index in [9.17, 15) is 14.3 Å². The summed E-state index contributed by atoms with van der Waals surface area (Å²) in [6, 6.07) is 10.9. The Labute approximate surface area is 155 Å². The summed E-state index contributed by atoms with van der Waals surface area (Å²) in [6.45, 7) is 0.369. The molecule has 0 aliphatic carbocycles. The van der Waals surface area contributed by atoms with Gasteiger partial charge in [-0.3, -0.25) is 0 Å². The lowest BCUT2D eigenvalue weighted by Gasteiger charge is -2.17. The summed E-state index contributed by atoms with van der Waals surface area (Å²) in [4.78, 5) is 11.5. The number of aliphatic hydroxyl groups excluding tert-OH is 1. The monoisotopic (exact) mass is 415 g/mol. The van der Waals surface area contributed by atoms with Crippen LogP contribution in [0.3, 0.4) is 0 Å². The van der Waals surface area contributed by atoms with Crippen molar-refractivity contribution in [3.8, 4) is 0 Å². The fourth-order valence-electron chi connectivity index (χ4n) is 2.15. The number of nitrogens with one attached hydrogen (secondary N) is 1. The second-order valence-electron chi connectivity index (χ2n) is 4.97. The van der Waals surface area contributed by atoms with E-state index in [2.05, 4.69) is 26.0 Å². The van der Waals surface area contributed by atoms with Crippen molar-refractivity contribution in [2.24, 2.45) is 0 Å². The summed E-state index contributed by atoms with van der Waals surface area (Å²) in [7, 11) is 1.33. The van der Waals surface area contributed by atoms with Gasteiger partial charge in [-0.1, -0.05) is 34.1 Å². The largest absolute Gasteiger partial charge is 0.465 e. The summed E-state index contributed by atoms with van der Waals surface area (Å²) < 4.78 is 18.4. The molecule has 0 bridgehead atoms. The first-order valence-corrected chi connectivity index (χ1v) is 7.81. The van der Waals surface area contributed by atoms with Gasteiger partial charge in [0, 0.05) is 11.0 Å². The molecule has 4 nitrogen and oxygen atoms in total. The van der Waals surface area contributed by atoms with Gasteiger partial charge in [0.15, 0.2) is 0 Å². The lowest BCUT2D eigenvalue weighted by Crippen LogP contribution is -2.24. The molecule has 24 heavy (non-hydrogen) atoms. The highest BCUT2D eigenvalue weighted by atomic mass is 79.9. The number of esters is 1. The number of carbonyl (C=O) groups excluding carboxylic acids is 1. The molecule has 1 atom stereocenters. The van der Waals surface area contributed by atoms with Crippen LogP contribution in [0, 0.1) is 5.82 Å². The molecule has 2 aromatic carbocycles. The average Bonchev–Trinajstić information content (AvgIpc) is 2.57. The predicted octanol–water partition coefficient (Wildman–Crippen LogP) is 3.31. The van der Waals surface area contributed by atoms with Gasteiger partial charge in [0.2, 0.25) is 0 Å². The van der Waals surface area contributed by atoms with Crippen molar-refractivity contribution in [1.82, 2.24) is 5.32 Å². The normalized spacial score (nSPS) is 11.5. The van der Waals surface area contributed by atoms with E-state index < -0.39 is 5.97 Å². The number of methoxy groups -OCH3 is 1. The van der Waals surface area contributed by atoms with Gasteiger partial charge in [-0.2, -0.15) is 13.5 Å². The van der Waals surface area contributed by atoms with Crippen molar-refractivity contribution in [1.29, 1.82) is 0 Å². The Morgan fingerprint density at radius 1 is 1.29 bits per heavy atom. The zero-order chi connectivity index (χ0) is 16.8. The van der Waals surface area contributed by atoms with Gasteiger partial charge in [0.05, 0.1) is 25.3 Å². The number of carbonyl (C=O) groups is 1. The highest BCUT2D eigenvalue weighted by molar-refractivity contribution is 9.10. The van der Waals surface area contributed by atoms with E-state index in [1.54, 1.807) is 24.3 Å². The Bertz CT molecular complexity index is 682. The SMILES string of the molecule is COC(=O)c1ccc(CN[C@H](CO)c2ccc(F)cc2)c(Br)c1.S. The maximum absolute atomic E-state index is 13.0. The molecule has 0 radical (unpaired) electrons. The molecule has 2 N–H and O–H groups in total. The van der Waals surface area contributed by atoms with Crippen LogP contribution in [0.2, 0.25) is 0 Å². The van der Waals surface area contributed by atoms with E-state index in [1.165, 1.54) is 19.2 Å². The van der Waals surface area contributed by atoms with Gasteiger partial charge in [-0.05, 0) is 35.4 Å². The molecule has 7 heteroatoms. The third-order valence-electron chi connectivity index (χ3n) is 3.47. The van der Waals surface area contributed by atoms with Gasteiger partial charge in [0.25, 0.3) is 0 Å². The standard InChI is InChI=1S/C17H17BrFNO3.H2S/c1-23-17(22)12-2-3-13(15(18)8-12)9-20-16(10-21)11-4-6-14(19)7-5-11;/h2-8,16,20-21H,9-10H2,1H3;1H2/t16-;/m1./s1. The number of halogens is 2. The number of aliphatic hydroxyl groups is 1. The Morgan fingerprint density at radius 3 is 2.50 bits per heavy atom. The van der Waals surface area contributed by atoms with E-state index in [0.29, 0.717) is 12.1 Å². The number of benzene rings is 2. The Kier molecular flexibility index (Phi) is 8.41. The molecular weight excluding hydrogens is 397 g/mol. The highest BCUT2D eigenvalue weighted by Crippen LogP contribution is 2.21. The molecule has 0 spiro atoms. The molecule has 2 rings (SSSR count). The smallest absolute Gasteiger partial charge is 0.337 e. The molecule has 0 amide bonds. The van der Waals surface area contributed by atoms with Crippen LogP contribution in [-0.2, 0) is 11.3 Å². The fraction of sp³-hybridized carbons (Fsp3) is 0.235. The molecule has 0 heterocycles. The number of hydrogen-bond acceptors (Lipinski definition) is 4. The lowest BCUT2D eigenvalue weighted by atomic mass is 10.1. The van der Waals surface area contributed by atoms with Crippen LogP contribution in [0.1, 0.15) is 27.5 Å². The minimum absolute atomic E-state index is 0. The Hall–Kier alpha value is -1.41. The van der Waals surface area contributed by atoms with Gasteiger partial charge in [0.1, 0.15) is 5.82 Å². The van der Waals surface area contributed by atoms with Crippen molar-refractivity contribution >= 4 is 35.4 Å². The quantitative estimate of drug-likeness (QED) is 0.710. The Balaban J connectivity index is 0.00000288. The topological polar surface area (TPSA) is 58.6 Å². The first-order chi connectivity index (χ1) is 11.0. The predicted molar refractivity (Wildman–Crippen MR) is 98.9 cm³/mol. The van der Waals surface area contributed by atoms with E-state index in [4.69, 9.17) is 0 Å². The summed E-state index contributed by atoms with van der Waals surface area (Å²) in [5, 5.41) is 12.7. The summed E-state index contributed by atoms with van der Waals surface area (Å²) in [5.41, 5.74) is 2.19. The first-order valence-electron chi connectivity index (χ1n) is 7.01. The average molecular weight is 416 g/mol. The number of rotatable bonds is 6. The van der Waals surface area contributed by atoms with Crippen molar-refractivity contribution < 1.29 is 19.0 Å². The minimum Gasteiger partial charge on any atom is -0.465 e. The first kappa shape index (κ1) is 20.6. The summed E-state index contributed by atoms with van der Waals surface area (Å²) in [6.07, 6.45) is 0. The number of ether oxygens (including phenoxy) is 1. The molecule has 0 aliphatic heterocycles. The lowest BCUT2D eigenvalue weighted by molar-refractivity contribution is 0.0600. The zero-order valence-electron chi connectivity index (χ0n) is 13.1. The van der Waals surface area contributed by atoms with Crippen LogP contribution in [-0.4, -0.2) is 24.8 Å². The van der Waals surface area contributed by atoms with Crippen LogP contribution >= 0.6 is 29.4 Å². The van der Waals surface area contributed by atoms with E-state index in [1.807, 2.05) is 6.07 Å². The molecular formula is C17H19BrFNO3S. The van der Waals surface area contributed by atoms with E-state index in [-0.39, 0.29) is 32.0 Å². The van der Waals surface area contributed by atoms with Crippen molar-refractivity contribution in [2.75, 3.05) is 13.7 Å². The third-order valence-corrected chi connectivity index (χ3v) is 4.21. The molecule has 0 saturated heterocycles. The van der Waals surface area contributed by atoms with Crippen LogP contribution in [0.5, 0.6) is 0 Å². The van der Waals surface area contributed by atoms with Crippen LogP contribution in [0.15, 0.2) is 46.9 Å². The summed E-state index contributed by atoms with van der Waals surface area (Å²) in [5.74, 6) is -0.712. The van der Waals surface area contributed by atoms with E-state index in [0.717, 1.165) is 15.6 Å². The maximum atomic E-state index is 13.0. The second-order valence-corrected chi connectivity index (χ2v) is 5.82. The molecule has 0 aliphatic rings. The Morgan fingerprint density at radius 2 is 1.96 bits per heavy atom. The fourth-order valence-corrected chi connectivity index (χ4v) is 2.67. The molecule has 0 unspecified atom stereocenters. The highest BCUT2D eigenvalue weighted by Gasteiger charge is 2.12. The van der Waals surface area contributed by atoms with Crippen molar-refractivity contribution in [3.63, 3.8) is 0 Å². The molecule has 130 valence electrons. The van der Waals surface area contributed by atoms with Gasteiger partial charge in [-0.15, -0.1) is 0 Å². The molecule has 0 fully saturated rings. The van der Waals surface area contributed by atoms with Gasteiger partial charge in [-0.25, -0.2) is 9.18 Å². The van der Waals surface area contributed by atoms with Crippen LogP contribution < -0.4 is 5.32 Å². The van der Waals surface area contributed by atoms with E-state index >= 15 is 0 Å². The van der Waals surface area contributed by atoms with Crippen molar-refractivity contribution in [3.05, 3.63) is 69.4 Å². The minimum atomic E-state index is -0.398. The molecule has 2 aromatic rings. The van der Waals surface area contributed by atoms with Crippen LogP contribution in [0.25, 0.3) is 0 Å². The summed E-state index contributed by atoms with van der Waals surface area (Å²) >= 11 is 3.42. The van der Waals surface area contributed by atoms with Crippen LogP contribution in [0.4, 0.5) is 4.39 Å².